The second-order valence-electron chi connectivity index (χ2n) is 7.67. The van der Waals surface area contributed by atoms with Crippen molar-refractivity contribution < 1.29 is 4.79 Å². The topological polar surface area (TPSA) is 70.2 Å². The zero-order valence-electron chi connectivity index (χ0n) is 16.1. The number of nitrogens with one attached hydrogen (secondary N) is 2. The molecule has 6 heteroatoms. The van der Waals surface area contributed by atoms with E-state index >= 15 is 0 Å². The lowest BCUT2D eigenvalue weighted by molar-refractivity contribution is -0.121. The Hall–Kier alpha value is -1.85. The van der Waals surface area contributed by atoms with Crippen LogP contribution in [0, 0.1) is 12.8 Å². The summed E-state index contributed by atoms with van der Waals surface area (Å²) in [5.74, 6) is 3.58. The highest BCUT2D eigenvalue weighted by atomic mass is 16.1. The van der Waals surface area contributed by atoms with Gasteiger partial charge in [0.15, 0.2) is 0 Å². The zero-order valence-corrected chi connectivity index (χ0v) is 16.1. The molecule has 1 aliphatic heterocycles. The minimum absolute atomic E-state index is 0.175. The molecule has 1 saturated carbocycles. The third-order valence-corrected chi connectivity index (χ3v) is 5.51. The highest BCUT2D eigenvalue weighted by Gasteiger charge is 2.16. The van der Waals surface area contributed by atoms with E-state index in [0.29, 0.717) is 19.5 Å². The lowest BCUT2D eigenvalue weighted by Crippen LogP contribution is -2.29. The second kappa shape index (κ2) is 9.74. The van der Waals surface area contributed by atoms with E-state index in [0.717, 1.165) is 42.9 Å². The van der Waals surface area contributed by atoms with Gasteiger partial charge in [-0.05, 0) is 32.1 Å². The van der Waals surface area contributed by atoms with E-state index in [2.05, 4.69) is 25.5 Å². The average molecular weight is 360 g/mol. The maximum absolute atomic E-state index is 12.0. The van der Waals surface area contributed by atoms with Crippen LogP contribution in [0.25, 0.3) is 0 Å². The summed E-state index contributed by atoms with van der Waals surface area (Å²) < 4.78 is 0. The minimum atomic E-state index is 0.175. The molecule has 1 aliphatic carbocycles. The predicted octanol–water partition coefficient (Wildman–Crippen LogP) is 3.27. The van der Waals surface area contributed by atoms with E-state index < -0.39 is 0 Å². The van der Waals surface area contributed by atoms with Crippen LogP contribution < -0.4 is 15.5 Å². The largest absolute Gasteiger partial charge is 0.368 e. The first-order chi connectivity index (χ1) is 12.7. The number of anilines is 2. The zero-order chi connectivity index (χ0) is 18.2. The van der Waals surface area contributed by atoms with E-state index in [9.17, 15) is 4.79 Å². The van der Waals surface area contributed by atoms with Crippen LogP contribution in [0.5, 0.6) is 0 Å². The monoisotopic (exact) mass is 359 g/mol. The van der Waals surface area contributed by atoms with Gasteiger partial charge in [0.1, 0.15) is 17.5 Å². The first-order valence-electron chi connectivity index (χ1n) is 10.3. The number of carbonyl (C=O) groups is 1. The molecule has 1 aromatic heterocycles. The van der Waals surface area contributed by atoms with Gasteiger partial charge in [-0.25, -0.2) is 9.97 Å². The molecule has 2 aliphatic rings. The SMILES string of the molecule is Cc1nc(NCCNC(=O)CCC2CCCCC2)cc(N2CCCC2)n1. The predicted molar refractivity (Wildman–Crippen MR) is 106 cm³/mol. The van der Waals surface area contributed by atoms with Gasteiger partial charge in [-0.2, -0.15) is 0 Å². The Kier molecular flexibility index (Phi) is 7.09. The van der Waals surface area contributed by atoms with Crippen LogP contribution in [-0.4, -0.2) is 42.1 Å². The number of hydrogen-bond donors (Lipinski definition) is 2. The van der Waals surface area contributed by atoms with E-state index in [-0.39, 0.29) is 5.91 Å². The Labute approximate surface area is 157 Å². The normalized spacial score (nSPS) is 18.1. The molecular formula is C20H33N5O. The van der Waals surface area contributed by atoms with Gasteiger partial charge in [0.25, 0.3) is 0 Å². The smallest absolute Gasteiger partial charge is 0.220 e. The fourth-order valence-electron chi connectivity index (χ4n) is 4.04. The quantitative estimate of drug-likeness (QED) is 0.697. The molecule has 144 valence electrons. The Balaban J connectivity index is 1.35. The fraction of sp³-hybridized carbons (Fsp3) is 0.750. The lowest BCUT2D eigenvalue weighted by atomic mass is 9.86. The summed E-state index contributed by atoms with van der Waals surface area (Å²) >= 11 is 0. The van der Waals surface area contributed by atoms with Gasteiger partial charge >= 0.3 is 0 Å². The molecule has 0 spiro atoms. The van der Waals surface area contributed by atoms with Crippen molar-refractivity contribution in [2.45, 2.75) is 64.7 Å². The number of aryl methyl sites for hydroxylation is 1. The van der Waals surface area contributed by atoms with Gasteiger partial charge < -0.3 is 15.5 Å². The van der Waals surface area contributed by atoms with Crippen LogP contribution in [0.2, 0.25) is 0 Å². The van der Waals surface area contributed by atoms with Crippen molar-refractivity contribution in [1.29, 1.82) is 0 Å². The van der Waals surface area contributed by atoms with Crippen molar-refractivity contribution in [3.05, 3.63) is 11.9 Å². The second-order valence-corrected chi connectivity index (χ2v) is 7.67. The Morgan fingerprint density at radius 3 is 2.65 bits per heavy atom. The summed E-state index contributed by atoms with van der Waals surface area (Å²) in [6.07, 6.45) is 10.8. The number of hydrogen-bond acceptors (Lipinski definition) is 5. The first kappa shape index (κ1) is 18.9. The standard InChI is InChI=1S/C20H33N5O/c1-16-23-18(15-19(24-16)25-13-5-6-14-25)21-11-12-22-20(26)10-9-17-7-3-2-4-8-17/h15,17H,2-14H2,1H3,(H,22,26)(H,21,23,24). The van der Waals surface area contributed by atoms with Crippen molar-refractivity contribution in [3.8, 4) is 0 Å². The maximum Gasteiger partial charge on any atom is 0.220 e. The van der Waals surface area contributed by atoms with Crippen LogP contribution in [-0.2, 0) is 4.79 Å². The summed E-state index contributed by atoms with van der Waals surface area (Å²) in [6, 6.07) is 2.02. The third-order valence-electron chi connectivity index (χ3n) is 5.51. The maximum atomic E-state index is 12.0. The summed E-state index contributed by atoms with van der Waals surface area (Å²) in [6.45, 7) is 5.40. The first-order valence-corrected chi connectivity index (χ1v) is 10.3. The molecule has 1 amide bonds. The van der Waals surface area contributed by atoms with Crippen LogP contribution in [0.3, 0.4) is 0 Å². The molecule has 0 bridgehead atoms. The molecule has 0 unspecified atom stereocenters. The van der Waals surface area contributed by atoms with Gasteiger partial charge in [-0.15, -0.1) is 0 Å². The van der Waals surface area contributed by atoms with E-state index in [1.165, 1.54) is 44.9 Å². The van der Waals surface area contributed by atoms with E-state index in [4.69, 9.17) is 0 Å². The molecule has 3 rings (SSSR count). The third kappa shape index (κ3) is 5.85. The number of rotatable bonds is 8. The highest BCUT2D eigenvalue weighted by Crippen LogP contribution is 2.27. The van der Waals surface area contributed by atoms with Crippen molar-refractivity contribution in [1.82, 2.24) is 15.3 Å². The molecule has 0 atom stereocenters. The fourth-order valence-corrected chi connectivity index (χ4v) is 4.04. The van der Waals surface area contributed by atoms with Crippen molar-refractivity contribution in [3.63, 3.8) is 0 Å². The Bertz CT molecular complexity index is 580. The summed E-state index contributed by atoms with van der Waals surface area (Å²) in [4.78, 5) is 23.3. The van der Waals surface area contributed by atoms with Crippen LogP contribution in [0.1, 0.15) is 63.6 Å². The Morgan fingerprint density at radius 2 is 1.88 bits per heavy atom. The number of aromatic nitrogens is 2. The van der Waals surface area contributed by atoms with Crippen molar-refractivity contribution in [2.75, 3.05) is 36.4 Å². The molecular weight excluding hydrogens is 326 g/mol. The lowest BCUT2D eigenvalue weighted by Gasteiger charge is -2.21. The highest BCUT2D eigenvalue weighted by molar-refractivity contribution is 5.75. The molecule has 2 N–H and O–H groups in total. The van der Waals surface area contributed by atoms with Gasteiger partial charge in [0.05, 0.1) is 0 Å². The molecule has 0 radical (unpaired) electrons. The summed E-state index contributed by atoms with van der Waals surface area (Å²) in [5.41, 5.74) is 0. The molecule has 6 nitrogen and oxygen atoms in total. The number of nitrogens with zero attached hydrogens (tertiary/aromatic N) is 3. The molecule has 2 fully saturated rings. The van der Waals surface area contributed by atoms with Crippen molar-refractivity contribution in [2.24, 2.45) is 5.92 Å². The van der Waals surface area contributed by atoms with Gasteiger partial charge in [-0.1, -0.05) is 32.1 Å². The molecule has 26 heavy (non-hydrogen) atoms. The molecule has 1 saturated heterocycles. The molecule has 0 aromatic carbocycles. The minimum Gasteiger partial charge on any atom is -0.368 e. The molecule has 2 heterocycles. The molecule has 1 aromatic rings. The van der Waals surface area contributed by atoms with Gasteiger partial charge in [0.2, 0.25) is 5.91 Å². The van der Waals surface area contributed by atoms with Gasteiger partial charge in [0, 0.05) is 38.7 Å². The van der Waals surface area contributed by atoms with Crippen LogP contribution in [0.4, 0.5) is 11.6 Å². The summed E-state index contributed by atoms with van der Waals surface area (Å²) in [5, 5.41) is 6.34. The van der Waals surface area contributed by atoms with E-state index in [1.54, 1.807) is 0 Å². The van der Waals surface area contributed by atoms with E-state index in [1.807, 2.05) is 13.0 Å². The Morgan fingerprint density at radius 1 is 1.12 bits per heavy atom. The van der Waals surface area contributed by atoms with Crippen LogP contribution in [0.15, 0.2) is 6.07 Å². The number of carbonyl (C=O) groups excluding carboxylic acids is 1. The summed E-state index contributed by atoms with van der Waals surface area (Å²) in [7, 11) is 0. The van der Waals surface area contributed by atoms with Gasteiger partial charge in [-0.3, -0.25) is 4.79 Å². The number of amides is 1. The average Bonchev–Trinajstić information content (AvgIpc) is 3.19. The van der Waals surface area contributed by atoms with Crippen molar-refractivity contribution >= 4 is 17.5 Å². The van der Waals surface area contributed by atoms with Crippen LogP contribution >= 0.6 is 0 Å².